The number of hydrogen-bond acceptors (Lipinski definition) is 2. The van der Waals surface area contributed by atoms with Crippen molar-refractivity contribution in [3.05, 3.63) is 35.9 Å². The highest BCUT2D eigenvalue weighted by molar-refractivity contribution is 6.27. The average molecular weight is 268 g/mol. The number of hydrogen-bond donors (Lipinski definition) is 2. The van der Waals surface area contributed by atoms with Gasteiger partial charge in [-0.2, -0.15) is 0 Å². The van der Waals surface area contributed by atoms with Gasteiger partial charge in [-0.25, -0.2) is 9.59 Å². The van der Waals surface area contributed by atoms with Crippen LogP contribution < -0.4 is 0 Å². The van der Waals surface area contributed by atoms with Crippen molar-refractivity contribution in [3.8, 4) is 0 Å². The Bertz CT molecular complexity index is 317. The third-order valence-electron chi connectivity index (χ3n) is 2.08. The topological polar surface area (TPSA) is 74.6 Å². The lowest BCUT2D eigenvalue weighted by Gasteiger charge is -1.86. The van der Waals surface area contributed by atoms with Crippen molar-refractivity contribution < 1.29 is 19.8 Å². The highest BCUT2D eigenvalue weighted by Gasteiger charge is 2.04. The summed E-state index contributed by atoms with van der Waals surface area (Å²) in [5, 5.41) is 14.8. The molecule has 0 amide bonds. The van der Waals surface area contributed by atoms with Crippen LogP contribution in [0.4, 0.5) is 0 Å². The summed E-state index contributed by atoms with van der Waals surface area (Å²) in [5.74, 6) is -3.65. The van der Waals surface area contributed by atoms with Crippen LogP contribution in [0, 0.1) is 6.92 Å². The summed E-state index contributed by atoms with van der Waals surface area (Å²) in [6.45, 7) is 6.55. The highest BCUT2D eigenvalue weighted by Crippen LogP contribution is 1.95. The van der Waals surface area contributed by atoms with Gasteiger partial charge in [-0.3, -0.25) is 0 Å². The maximum atomic E-state index is 9.10. The minimum absolute atomic E-state index is 1.32. The lowest BCUT2D eigenvalue weighted by atomic mass is 10.2. The predicted molar refractivity (Wildman–Crippen MR) is 76.3 cm³/mol. The van der Waals surface area contributed by atoms with Gasteiger partial charge >= 0.3 is 11.9 Å². The molecule has 108 valence electrons. The van der Waals surface area contributed by atoms with Crippen molar-refractivity contribution >= 4 is 11.9 Å². The lowest BCUT2D eigenvalue weighted by Crippen LogP contribution is -2.09. The van der Waals surface area contributed by atoms with Crippen LogP contribution in [0.1, 0.15) is 45.1 Å². The van der Waals surface area contributed by atoms with Crippen LogP contribution in [0.15, 0.2) is 30.3 Å². The van der Waals surface area contributed by atoms with Gasteiger partial charge in [0, 0.05) is 0 Å². The molecule has 0 saturated carbocycles. The smallest absolute Gasteiger partial charge is 0.414 e. The fraction of sp³-hybridized carbons (Fsp3) is 0.467. The van der Waals surface area contributed by atoms with Crippen LogP contribution in [0.3, 0.4) is 0 Å². The summed E-state index contributed by atoms with van der Waals surface area (Å²) < 4.78 is 0. The van der Waals surface area contributed by atoms with Gasteiger partial charge in [-0.15, -0.1) is 0 Å². The van der Waals surface area contributed by atoms with Gasteiger partial charge in [-0.05, 0) is 6.92 Å². The summed E-state index contributed by atoms with van der Waals surface area (Å²) >= 11 is 0. The SMILES string of the molecule is CCCCCC.Cc1ccccc1.O=C(O)C(=O)O. The minimum atomic E-state index is -1.82. The van der Waals surface area contributed by atoms with E-state index in [0.717, 1.165) is 0 Å². The number of carboxylic acid groups (broad SMARTS) is 2. The third kappa shape index (κ3) is 18.7. The zero-order valence-electron chi connectivity index (χ0n) is 11.9. The van der Waals surface area contributed by atoms with Gasteiger partial charge in [0.15, 0.2) is 0 Å². The van der Waals surface area contributed by atoms with Crippen LogP contribution >= 0.6 is 0 Å². The maximum Gasteiger partial charge on any atom is 0.414 e. The van der Waals surface area contributed by atoms with E-state index in [9.17, 15) is 0 Å². The van der Waals surface area contributed by atoms with E-state index < -0.39 is 11.9 Å². The lowest BCUT2D eigenvalue weighted by molar-refractivity contribution is -0.159. The molecule has 0 aromatic heterocycles. The molecule has 0 saturated heterocycles. The molecule has 0 aliphatic carbocycles. The van der Waals surface area contributed by atoms with Crippen molar-refractivity contribution in [2.75, 3.05) is 0 Å². The molecule has 0 fully saturated rings. The van der Waals surface area contributed by atoms with E-state index in [1.807, 2.05) is 18.2 Å². The van der Waals surface area contributed by atoms with Crippen LogP contribution in [-0.2, 0) is 9.59 Å². The largest absolute Gasteiger partial charge is 0.473 e. The number of unbranched alkanes of at least 4 members (excludes halogenated alkanes) is 3. The summed E-state index contributed by atoms with van der Waals surface area (Å²) in [4.78, 5) is 18.2. The Morgan fingerprint density at radius 3 is 1.42 bits per heavy atom. The first-order valence-electron chi connectivity index (χ1n) is 6.43. The summed E-state index contributed by atoms with van der Waals surface area (Å²) in [6.07, 6.45) is 5.54. The van der Waals surface area contributed by atoms with E-state index >= 15 is 0 Å². The average Bonchev–Trinajstić information content (AvgIpc) is 2.38. The van der Waals surface area contributed by atoms with Crippen molar-refractivity contribution in [1.29, 1.82) is 0 Å². The molecule has 1 aromatic carbocycles. The molecule has 0 atom stereocenters. The molecule has 4 nitrogen and oxygen atoms in total. The monoisotopic (exact) mass is 268 g/mol. The molecule has 0 spiro atoms. The Morgan fingerprint density at radius 1 is 0.895 bits per heavy atom. The molecule has 4 heteroatoms. The van der Waals surface area contributed by atoms with Crippen molar-refractivity contribution in [2.24, 2.45) is 0 Å². The number of benzene rings is 1. The molecular formula is C15H24O4. The molecule has 0 heterocycles. The van der Waals surface area contributed by atoms with Crippen molar-refractivity contribution in [3.63, 3.8) is 0 Å². The molecule has 0 bridgehead atoms. The number of aryl methyl sites for hydroxylation is 1. The third-order valence-corrected chi connectivity index (χ3v) is 2.08. The second-order valence-electron chi connectivity index (χ2n) is 3.97. The van der Waals surface area contributed by atoms with Gasteiger partial charge in [0.1, 0.15) is 0 Å². The molecular weight excluding hydrogens is 244 g/mol. The standard InChI is InChI=1S/C7H8.C6H14.C2H2O4/c1-7-5-3-2-4-6-7;1-3-5-6-4-2;3-1(4)2(5)6/h2-6H,1H3;3-6H2,1-2H3;(H,3,4)(H,5,6). The van der Waals surface area contributed by atoms with Gasteiger partial charge < -0.3 is 10.2 Å². The Labute approximate surface area is 115 Å². The molecule has 0 unspecified atom stereocenters. The molecule has 1 aromatic rings. The van der Waals surface area contributed by atoms with E-state index in [4.69, 9.17) is 19.8 Å². The predicted octanol–water partition coefficient (Wildman–Crippen LogP) is 3.74. The summed E-state index contributed by atoms with van der Waals surface area (Å²) in [6, 6.07) is 10.3. The first-order chi connectivity index (χ1) is 8.95. The van der Waals surface area contributed by atoms with Crippen LogP contribution in [0.25, 0.3) is 0 Å². The molecule has 19 heavy (non-hydrogen) atoms. The first-order valence-corrected chi connectivity index (χ1v) is 6.43. The van der Waals surface area contributed by atoms with E-state index in [-0.39, 0.29) is 0 Å². The normalized spacial score (nSPS) is 8.37. The molecule has 1 rings (SSSR count). The zero-order valence-corrected chi connectivity index (χ0v) is 11.9. The summed E-state index contributed by atoms with van der Waals surface area (Å²) in [7, 11) is 0. The fourth-order valence-electron chi connectivity index (χ4n) is 1.03. The number of aliphatic carboxylic acids is 2. The molecule has 0 aliphatic heterocycles. The molecule has 0 radical (unpaired) electrons. The van der Waals surface area contributed by atoms with Gasteiger partial charge in [0.25, 0.3) is 0 Å². The summed E-state index contributed by atoms with van der Waals surface area (Å²) in [5.41, 5.74) is 1.32. The van der Waals surface area contributed by atoms with Crippen molar-refractivity contribution in [1.82, 2.24) is 0 Å². The van der Waals surface area contributed by atoms with E-state index in [1.165, 1.54) is 31.2 Å². The Morgan fingerprint density at radius 2 is 1.26 bits per heavy atom. The molecule has 0 aliphatic rings. The molecule has 2 N–H and O–H groups in total. The van der Waals surface area contributed by atoms with E-state index in [2.05, 4.69) is 32.9 Å². The van der Waals surface area contributed by atoms with Crippen LogP contribution in [0.5, 0.6) is 0 Å². The highest BCUT2D eigenvalue weighted by atomic mass is 16.4. The number of rotatable bonds is 3. The quantitative estimate of drug-likeness (QED) is 0.647. The maximum absolute atomic E-state index is 9.10. The Kier molecular flexibility index (Phi) is 14.6. The van der Waals surface area contributed by atoms with Gasteiger partial charge in [0.05, 0.1) is 0 Å². The second kappa shape index (κ2) is 14.2. The number of carboxylic acids is 2. The van der Waals surface area contributed by atoms with Crippen LogP contribution in [0.2, 0.25) is 0 Å². The van der Waals surface area contributed by atoms with E-state index in [0.29, 0.717) is 0 Å². The first kappa shape index (κ1) is 19.5. The minimum Gasteiger partial charge on any atom is -0.473 e. The van der Waals surface area contributed by atoms with Crippen molar-refractivity contribution in [2.45, 2.75) is 46.5 Å². The number of carbonyl (C=O) groups is 2. The Hall–Kier alpha value is -1.84. The zero-order chi connectivity index (χ0) is 15.1. The van der Waals surface area contributed by atoms with Gasteiger partial charge in [0.2, 0.25) is 0 Å². The van der Waals surface area contributed by atoms with Gasteiger partial charge in [-0.1, -0.05) is 75.4 Å². The fourth-order valence-corrected chi connectivity index (χ4v) is 1.03. The van der Waals surface area contributed by atoms with E-state index in [1.54, 1.807) is 0 Å². The Balaban J connectivity index is 0. The van der Waals surface area contributed by atoms with Crippen LogP contribution in [-0.4, -0.2) is 22.2 Å². The second-order valence-corrected chi connectivity index (χ2v) is 3.97.